The van der Waals surface area contributed by atoms with Gasteiger partial charge >= 0.3 is 0 Å². The Morgan fingerprint density at radius 2 is 1.84 bits per heavy atom. The van der Waals surface area contributed by atoms with Crippen molar-refractivity contribution < 1.29 is 45.2 Å². The number of ether oxygens (including phenoxy) is 1. The summed E-state index contributed by atoms with van der Waals surface area (Å²) in [6.07, 6.45) is -2.42. The van der Waals surface area contributed by atoms with E-state index in [4.69, 9.17) is 15.0 Å². The number of primary amides is 1. The highest BCUT2D eigenvalue weighted by molar-refractivity contribution is 5.96. The van der Waals surface area contributed by atoms with Crippen LogP contribution in [0.3, 0.4) is 0 Å². The fourth-order valence-electron chi connectivity index (χ4n) is 5.57. The van der Waals surface area contributed by atoms with Crippen LogP contribution in [-0.2, 0) is 4.79 Å². The molecule has 0 bridgehead atoms. The first kappa shape index (κ1) is 30.6. The van der Waals surface area contributed by atoms with Crippen LogP contribution in [-0.4, -0.2) is 56.9 Å². The number of nitrogens with one attached hydrogen (secondary N) is 1. The van der Waals surface area contributed by atoms with E-state index >= 15 is 0 Å². The van der Waals surface area contributed by atoms with Crippen LogP contribution < -0.4 is 15.8 Å². The van der Waals surface area contributed by atoms with Crippen molar-refractivity contribution in [3.63, 3.8) is 0 Å². The van der Waals surface area contributed by atoms with Gasteiger partial charge in [0.15, 0.2) is 18.0 Å². The van der Waals surface area contributed by atoms with Gasteiger partial charge in [-0.25, -0.2) is 35.8 Å². The number of hydrogen-bond donors (Lipinski definition) is 2. The molecule has 2 fully saturated rings. The van der Waals surface area contributed by atoms with Crippen molar-refractivity contribution in [2.24, 2.45) is 17.6 Å². The van der Waals surface area contributed by atoms with E-state index in [2.05, 4.69) is 20.6 Å². The normalized spacial score (nSPS) is 18.7. The van der Waals surface area contributed by atoms with Gasteiger partial charge in [-0.2, -0.15) is 5.10 Å². The van der Waals surface area contributed by atoms with Gasteiger partial charge in [0.1, 0.15) is 5.56 Å². The predicted octanol–water partition coefficient (Wildman–Crippen LogP) is 5.03. The summed E-state index contributed by atoms with van der Waals surface area (Å²) in [7, 11) is 0. The Morgan fingerprint density at radius 1 is 1.12 bits per heavy atom. The maximum absolute atomic E-state index is 14.1. The molecule has 0 saturated heterocycles. The van der Waals surface area contributed by atoms with Crippen molar-refractivity contribution in [2.75, 3.05) is 6.61 Å². The molecule has 0 spiro atoms. The summed E-state index contributed by atoms with van der Waals surface area (Å²) in [4.78, 5) is 29.4. The van der Waals surface area contributed by atoms with Gasteiger partial charge in [0, 0.05) is 25.7 Å². The monoisotopic (exact) mass is 616 g/mol. The molecule has 2 amide bonds. The number of hydrogen-bond acceptors (Lipinski definition) is 7. The molecule has 0 radical (unpaired) electrons. The Morgan fingerprint density at radius 3 is 2.47 bits per heavy atom. The van der Waals surface area contributed by atoms with Gasteiger partial charge in [-0.05, 0) is 54.3 Å². The lowest BCUT2D eigenvalue weighted by atomic mass is 9.75. The third-order valence-corrected chi connectivity index (χ3v) is 7.83. The summed E-state index contributed by atoms with van der Waals surface area (Å²) < 4.78 is 90.7. The molecule has 0 aliphatic heterocycles. The van der Waals surface area contributed by atoms with Gasteiger partial charge in [-0.3, -0.25) is 9.59 Å². The third-order valence-electron chi connectivity index (χ3n) is 7.83. The molecule has 5 rings (SSSR count). The highest BCUT2D eigenvalue weighted by Gasteiger charge is 2.43. The second-order valence-corrected chi connectivity index (χ2v) is 11.0. The van der Waals surface area contributed by atoms with Crippen molar-refractivity contribution >= 4 is 17.5 Å². The third kappa shape index (κ3) is 7.21. The number of imidazole rings is 1. The van der Waals surface area contributed by atoms with Gasteiger partial charge < -0.3 is 20.3 Å². The van der Waals surface area contributed by atoms with Crippen LogP contribution in [0, 0.1) is 11.8 Å². The molecule has 3 heterocycles. The van der Waals surface area contributed by atoms with Gasteiger partial charge in [-0.1, -0.05) is 0 Å². The summed E-state index contributed by atoms with van der Waals surface area (Å²) in [5, 5.41) is 10.8. The summed E-state index contributed by atoms with van der Waals surface area (Å²) in [5.74, 6) is -6.45. The molecule has 2 aliphatic rings. The predicted molar refractivity (Wildman–Crippen MR) is 137 cm³/mol. The van der Waals surface area contributed by atoms with Crippen molar-refractivity contribution in [1.82, 2.24) is 25.1 Å². The van der Waals surface area contributed by atoms with Crippen LogP contribution in [0.15, 0.2) is 23.0 Å². The molecule has 234 valence electrons. The average Bonchev–Trinajstić information content (AvgIpc) is 3.56. The molecule has 2 atom stereocenters. The van der Waals surface area contributed by atoms with Crippen molar-refractivity contribution in [2.45, 2.75) is 82.1 Å². The number of alkyl halides is 6. The highest BCUT2D eigenvalue weighted by Crippen LogP contribution is 2.47. The number of rotatable bonds is 13. The Bertz CT molecular complexity index is 1450. The molecular formula is C27H30F6N6O4. The second kappa shape index (κ2) is 12.4. The first-order valence-corrected chi connectivity index (χ1v) is 13.9. The number of fused-ring (bicyclic) bond motifs is 1. The van der Waals surface area contributed by atoms with Gasteiger partial charge in [-0.15, -0.1) is 0 Å². The minimum Gasteiger partial charge on any atom is -0.469 e. The van der Waals surface area contributed by atoms with E-state index in [1.54, 1.807) is 6.07 Å². The average molecular weight is 617 g/mol. The van der Waals surface area contributed by atoms with Crippen LogP contribution in [0.4, 0.5) is 26.3 Å². The summed E-state index contributed by atoms with van der Waals surface area (Å²) in [6, 6.07) is 1.20. The van der Waals surface area contributed by atoms with Crippen LogP contribution in [0.1, 0.15) is 90.7 Å². The fourth-order valence-corrected chi connectivity index (χ4v) is 5.57. The maximum Gasteiger partial charge on any atom is 0.272 e. The minimum atomic E-state index is -2.87. The van der Waals surface area contributed by atoms with E-state index in [-0.39, 0.29) is 42.2 Å². The molecule has 3 aromatic rings. The second-order valence-electron chi connectivity index (χ2n) is 11.0. The lowest BCUT2D eigenvalue weighted by molar-refractivity contribution is -0.122. The van der Waals surface area contributed by atoms with Crippen LogP contribution in [0.2, 0.25) is 0 Å². The molecule has 3 N–H and O–H groups in total. The number of carbonyl (C=O) groups excluding carboxylic acids is 2. The zero-order valence-corrected chi connectivity index (χ0v) is 22.8. The largest absolute Gasteiger partial charge is 0.469 e. The molecule has 43 heavy (non-hydrogen) atoms. The van der Waals surface area contributed by atoms with Crippen LogP contribution in [0.25, 0.3) is 5.65 Å². The zero-order chi connectivity index (χ0) is 30.9. The van der Waals surface area contributed by atoms with Crippen molar-refractivity contribution in [3.05, 3.63) is 41.0 Å². The van der Waals surface area contributed by atoms with Crippen molar-refractivity contribution in [1.29, 1.82) is 0 Å². The Hall–Kier alpha value is -3.85. The Kier molecular flexibility index (Phi) is 8.83. The number of nitrogens with two attached hydrogens (primary N) is 1. The fraction of sp³-hybridized carbons (Fsp3) is 0.593. The minimum absolute atomic E-state index is 0.0325. The number of aromatic nitrogens is 4. The maximum atomic E-state index is 14.1. The van der Waals surface area contributed by atoms with E-state index in [0.717, 1.165) is 12.8 Å². The summed E-state index contributed by atoms with van der Waals surface area (Å²) in [6.45, 7) is -1.07. The first-order valence-electron chi connectivity index (χ1n) is 13.9. The van der Waals surface area contributed by atoms with Gasteiger partial charge in [0.2, 0.25) is 18.3 Å². The molecule has 0 unspecified atom stereocenters. The SMILES string of the molecule is NC(=O)c1c(OCC(F)F)noc1[C@H](c1cn2ncc([C@H](NC(=O)CCC(F)F)C3CC3)cc2n1)C1CCC(F)(F)CC1. The lowest BCUT2D eigenvalue weighted by Gasteiger charge is -2.32. The molecule has 2 saturated carbocycles. The van der Waals surface area contributed by atoms with E-state index < -0.39 is 80.2 Å². The number of amides is 2. The van der Waals surface area contributed by atoms with E-state index in [1.165, 1.54) is 16.9 Å². The first-order chi connectivity index (χ1) is 20.4. The molecule has 16 heteroatoms. The quantitative estimate of drug-likeness (QED) is 0.257. The van der Waals surface area contributed by atoms with E-state index in [1.807, 2.05) is 0 Å². The van der Waals surface area contributed by atoms with E-state index in [0.29, 0.717) is 11.2 Å². The van der Waals surface area contributed by atoms with Crippen LogP contribution >= 0.6 is 0 Å². The highest BCUT2D eigenvalue weighted by atomic mass is 19.3. The molecule has 10 nitrogen and oxygen atoms in total. The zero-order valence-electron chi connectivity index (χ0n) is 22.8. The van der Waals surface area contributed by atoms with E-state index in [9.17, 15) is 35.9 Å². The summed E-state index contributed by atoms with van der Waals surface area (Å²) in [5.41, 5.74) is 6.38. The number of nitrogens with zero attached hydrogens (tertiary/aromatic N) is 4. The van der Waals surface area contributed by atoms with Crippen molar-refractivity contribution in [3.8, 4) is 5.88 Å². The van der Waals surface area contributed by atoms with Gasteiger partial charge in [0.05, 0.1) is 30.0 Å². The number of carbonyl (C=O) groups is 2. The molecule has 2 aliphatic carbocycles. The molecule has 0 aromatic carbocycles. The van der Waals surface area contributed by atoms with Crippen LogP contribution in [0.5, 0.6) is 5.88 Å². The molecule has 3 aromatic heterocycles. The molecular weight excluding hydrogens is 586 g/mol. The smallest absolute Gasteiger partial charge is 0.272 e. The topological polar surface area (TPSA) is 138 Å². The number of halogens is 6. The lowest BCUT2D eigenvalue weighted by Crippen LogP contribution is -2.30. The Labute approximate surface area is 241 Å². The standard InChI is InChI=1S/C27H30F6N6O4/c28-17(29)3-4-20(40)37-23(14-1-2-14)15-9-19-36-16(11-39(19)35-10-15)21(13-5-7-27(32,33)8-6-13)24-22(25(34)41)26(38-43-24)42-12-18(30)31/h9-11,13-14,17-18,21,23H,1-8,12H2,(H2,34,41)(H,37,40)/t21-,23+/m0/s1. The Balaban J connectivity index is 1.49. The summed E-state index contributed by atoms with van der Waals surface area (Å²) >= 11 is 0. The van der Waals surface area contributed by atoms with Gasteiger partial charge in [0.25, 0.3) is 18.2 Å².